The number of nitrogens with two attached hydrogens (primary N) is 1. The van der Waals surface area contributed by atoms with Gasteiger partial charge in [-0.15, -0.1) is 0 Å². The normalized spacial score (nSPS) is 15.6. The van der Waals surface area contributed by atoms with Crippen LogP contribution in [0.2, 0.25) is 0 Å². The molecule has 178 valence electrons. The summed E-state index contributed by atoms with van der Waals surface area (Å²) in [6.07, 6.45) is 3.53. The van der Waals surface area contributed by atoms with Gasteiger partial charge in [0.1, 0.15) is 24.5 Å². The first-order valence-corrected chi connectivity index (χ1v) is 11.5. The number of hydrogen-bond acceptors (Lipinski definition) is 6. The van der Waals surface area contributed by atoms with Crippen LogP contribution < -0.4 is 20.7 Å². The van der Waals surface area contributed by atoms with E-state index < -0.39 is 6.10 Å². The zero-order chi connectivity index (χ0) is 24.1. The second-order valence-electron chi connectivity index (χ2n) is 8.80. The molecule has 0 radical (unpaired) electrons. The lowest BCUT2D eigenvalue weighted by atomic mass is 10.0. The van der Waals surface area contributed by atoms with Crippen LogP contribution in [0.4, 0.5) is 17.2 Å². The lowest BCUT2D eigenvalue weighted by molar-refractivity contribution is -0.123. The molecule has 0 bridgehead atoms. The molecule has 0 spiro atoms. The van der Waals surface area contributed by atoms with E-state index >= 15 is 0 Å². The number of aromatic nitrogens is 1. The summed E-state index contributed by atoms with van der Waals surface area (Å²) in [5.41, 5.74) is 7.75. The number of rotatable bonds is 8. The maximum Gasteiger partial charge on any atom is 0.265 e. The highest BCUT2D eigenvalue weighted by atomic mass is 16.6. The number of nitrogen functional groups attached to an aromatic ring is 1. The van der Waals surface area contributed by atoms with Crippen molar-refractivity contribution in [1.29, 1.82) is 0 Å². The van der Waals surface area contributed by atoms with Gasteiger partial charge in [0.2, 0.25) is 0 Å². The third kappa shape index (κ3) is 5.39. The van der Waals surface area contributed by atoms with Crippen LogP contribution in [0.15, 0.2) is 59.9 Å². The molecule has 0 aliphatic carbocycles. The number of oxime groups is 1. The van der Waals surface area contributed by atoms with Crippen molar-refractivity contribution in [3.05, 3.63) is 54.7 Å². The Balaban J connectivity index is 1.47. The Morgan fingerprint density at radius 3 is 2.74 bits per heavy atom. The topological polar surface area (TPSA) is 102 Å². The lowest BCUT2D eigenvalue weighted by Crippen LogP contribution is -2.34. The zero-order valence-corrected chi connectivity index (χ0v) is 19.8. The number of ether oxygens (including phenoxy) is 1. The summed E-state index contributed by atoms with van der Waals surface area (Å²) in [6, 6.07) is 15.2. The first-order chi connectivity index (χ1) is 16.4. The van der Waals surface area contributed by atoms with Gasteiger partial charge in [0.15, 0.2) is 6.10 Å². The smallest absolute Gasteiger partial charge is 0.265 e. The van der Waals surface area contributed by atoms with E-state index in [1.807, 2.05) is 48.5 Å². The predicted octanol–water partition coefficient (Wildman–Crippen LogP) is 4.81. The molecular formula is C26H31N5O3. The van der Waals surface area contributed by atoms with Crippen LogP contribution in [0.1, 0.15) is 33.1 Å². The largest absolute Gasteiger partial charge is 0.481 e. The molecule has 1 aliphatic heterocycles. The number of carbonyl (C=O) groups is 1. The highest BCUT2D eigenvalue weighted by Crippen LogP contribution is 2.27. The number of amides is 1. The summed E-state index contributed by atoms with van der Waals surface area (Å²) in [5.74, 6) is 2.02. The van der Waals surface area contributed by atoms with Gasteiger partial charge in [0.25, 0.3) is 5.91 Å². The van der Waals surface area contributed by atoms with Crippen molar-refractivity contribution in [3.8, 4) is 5.75 Å². The minimum atomic E-state index is -0.644. The average molecular weight is 462 g/mol. The van der Waals surface area contributed by atoms with Crippen molar-refractivity contribution >= 4 is 39.7 Å². The van der Waals surface area contributed by atoms with Gasteiger partial charge in [0.05, 0.1) is 0 Å². The molecule has 8 heteroatoms. The predicted molar refractivity (Wildman–Crippen MR) is 136 cm³/mol. The average Bonchev–Trinajstić information content (AvgIpc) is 3.28. The zero-order valence-electron chi connectivity index (χ0n) is 19.8. The summed E-state index contributed by atoms with van der Waals surface area (Å²) in [7, 11) is 1.56. The van der Waals surface area contributed by atoms with Gasteiger partial charge >= 0.3 is 0 Å². The number of nitrogens with one attached hydrogen (secondary N) is 1. The molecule has 2 aromatic carbocycles. The molecule has 8 nitrogen and oxygen atoms in total. The third-order valence-electron chi connectivity index (χ3n) is 5.76. The summed E-state index contributed by atoms with van der Waals surface area (Å²) < 4.78 is 6.14. The summed E-state index contributed by atoms with van der Waals surface area (Å²) in [4.78, 5) is 24.4. The Hall–Kier alpha value is -3.81. The first-order valence-electron chi connectivity index (χ1n) is 11.5. The maximum atomic E-state index is 13.1. The van der Waals surface area contributed by atoms with E-state index in [9.17, 15) is 4.79 Å². The monoisotopic (exact) mass is 461 g/mol. The number of hydrogen-bond donors (Lipinski definition) is 2. The standard InChI is InChI=1S/C26H31N5O3/c1-17(2)15-23(34-21-11-6-18-12-13-28-25(27)22(18)16-21)26(32)29-19-7-9-20(10-8-19)31-14-4-5-24(31)30-33-3/h6-13,16-17,23H,4-5,14-15H2,1-3H3,(H2,27,28)(H,29,32). The van der Waals surface area contributed by atoms with Crippen LogP contribution in [0.25, 0.3) is 10.8 Å². The highest BCUT2D eigenvalue weighted by Gasteiger charge is 2.24. The quantitative estimate of drug-likeness (QED) is 0.467. The van der Waals surface area contributed by atoms with E-state index in [1.165, 1.54) is 0 Å². The molecule has 1 atom stereocenters. The van der Waals surface area contributed by atoms with Gasteiger partial charge in [-0.05, 0) is 66.6 Å². The second-order valence-corrected chi connectivity index (χ2v) is 8.80. The van der Waals surface area contributed by atoms with Gasteiger partial charge in [-0.3, -0.25) is 4.79 Å². The van der Waals surface area contributed by atoms with Crippen LogP contribution in [0, 0.1) is 5.92 Å². The Labute approximate surface area is 199 Å². The summed E-state index contributed by atoms with van der Waals surface area (Å²) in [5, 5.41) is 8.88. The second kappa shape index (κ2) is 10.4. The molecule has 4 rings (SSSR count). The molecule has 1 saturated heterocycles. The fourth-order valence-electron chi connectivity index (χ4n) is 4.13. The number of anilines is 3. The molecule has 2 heterocycles. The van der Waals surface area contributed by atoms with Gasteiger partial charge in [-0.2, -0.15) is 0 Å². The van der Waals surface area contributed by atoms with Gasteiger partial charge in [-0.25, -0.2) is 4.98 Å². The van der Waals surface area contributed by atoms with Crippen molar-refractivity contribution < 1.29 is 14.4 Å². The Bertz CT molecular complexity index is 1180. The molecular weight excluding hydrogens is 430 g/mol. The van der Waals surface area contributed by atoms with E-state index in [0.717, 1.165) is 41.7 Å². The van der Waals surface area contributed by atoms with Crippen LogP contribution in [-0.4, -0.2) is 36.5 Å². The Morgan fingerprint density at radius 1 is 1.21 bits per heavy atom. The molecule has 1 aliphatic rings. The molecule has 1 aromatic heterocycles. The van der Waals surface area contributed by atoms with Crippen LogP contribution in [-0.2, 0) is 9.63 Å². The van der Waals surface area contributed by atoms with E-state index in [1.54, 1.807) is 13.3 Å². The van der Waals surface area contributed by atoms with Gasteiger partial charge in [-0.1, -0.05) is 25.1 Å². The van der Waals surface area contributed by atoms with Crippen LogP contribution in [0.5, 0.6) is 5.75 Å². The third-order valence-corrected chi connectivity index (χ3v) is 5.76. The van der Waals surface area contributed by atoms with E-state index in [2.05, 4.69) is 34.2 Å². The maximum absolute atomic E-state index is 13.1. The van der Waals surface area contributed by atoms with Crippen molar-refractivity contribution in [2.75, 3.05) is 29.6 Å². The highest BCUT2D eigenvalue weighted by molar-refractivity contribution is 6.00. The van der Waals surface area contributed by atoms with Crippen LogP contribution in [0.3, 0.4) is 0 Å². The van der Waals surface area contributed by atoms with E-state index in [-0.39, 0.29) is 11.8 Å². The molecule has 3 N–H and O–H groups in total. The van der Waals surface area contributed by atoms with Crippen LogP contribution >= 0.6 is 0 Å². The molecule has 1 fully saturated rings. The van der Waals surface area contributed by atoms with Crippen molar-refractivity contribution in [2.24, 2.45) is 11.1 Å². The lowest BCUT2D eigenvalue weighted by Gasteiger charge is -2.21. The van der Waals surface area contributed by atoms with Crippen molar-refractivity contribution in [1.82, 2.24) is 4.98 Å². The van der Waals surface area contributed by atoms with Gasteiger partial charge < -0.3 is 25.5 Å². The SMILES string of the molecule is CON=C1CCCN1c1ccc(NC(=O)C(CC(C)C)Oc2ccc3ccnc(N)c3c2)cc1. The van der Waals surface area contributed by atoms with Gasteiger partial charge in [0, 0.05) is 35.9 Å². The fraction of sp³-hybridized carbons (Fsp3) is 0.346. The molecule has 1 amide bonds. The van der Waals surface area contributed by atoms with Crippen molar-refractivity contribution in [3.63, 3.8) is 0 Å². The number of pyridine rings is 1. The van der Waals surface area contributed by atoms with E-state index in [0.29, 0.717) is 23.7 Å². The number of benzene rings is 2. The molecule has 3 aromatic rings. The molecule has 0 saturated carbocycles. The Kier molecular flexibility index (Phi) is 7.15. The Morgan fingerprint density at radius 2 is 2.00 bits per heavy atom. The molecule has 1 unspecified atom stereocenters. The number of carbonyl (C=O) groups excluding carboxylic acids is 1. The van der Waals surface area contributed by atoms with Crippen molar-refractivity contribution in [2.45, 2.75) is 39.2 Å². The van der Waals surface area contributed by atoms with E-state index in [4.69, 9.17) is 15.3 Å². The summed E-state index contributed by atoms with van der Waals surface area (Å²) >= 11 is 0. The fourth-order valence-corrected chi connectivity index (χ4v) is 4.13. The number of fused-ring (bicyclic) bond motifs is 1. The summed E-state index contributed by atoms with van der Waals surface area (Å²) in [6.45, 7) is 5.02. The number of amidine groups is 1. The number of nitrogens with zero attached hydrogens (tertiary/aromatic N) is 3. The first kappa shape index (κ1) is 23.4. The molecule has 34 heavy (non-hydrogen) atoms. The minimum absolute atomic E-state index is 0.191. The minimum Gasteiger partial charge on any atom is -0.481 e.